The molecule has 0 aliphatic rings. The van der Waals surface area contributed by atoms with Crippen LogP contribution in [-0.4, -0.2) is 19.2 Å². The first-order valence-electron chi connectivity index (χ1n) is 7.02. The Hall–Kier alpha value is -1.80. The van der Waals surface area contributed by atoms with Gasteiger partial charge in [0.2, 0.25) is 0 Å². The fourth-order valence-electron chi connectivity index (χ4n) is 2.04. The van der Waals surface area contributed by atoms with E-state index < -0.39 is 6.10 Å². The van der Waals surface area contributed by atoms with Gasteiger partial charge in [0.05, 0.1) is 6.10 Å². The van der Waals surface area contributed by atoms with E-state index in [0.717, 1.165) is 16.8 Å². The molecule has 1 atom stereocenters. The monoisotopic (exact) mass is 335 g/mol. The summed E-state index contributed by atoms with van der Waals surface area (Å²) in [5.74, 6) is 0. The fraction of sp³-hybridized carbons (Fsp3) is 0.158. The van der Waals surface area contributed by atoms with E-state index >= 15 is 0 Å². The predicted molar refractivity (Wildman–Crippen MR) is 88.9 cm³/mol. The second-order valence-corrected chi connectivity index (χ2v) is 5.07. The Labute approximate surface area is 143 Å². The van der Waals surface area contributed by atoms with Crippen molar-refractivity contribution in [3.63, 3.8) is 0 Å². The van der Waals surface area contributed by atoms with Crippen LogP contribution in [0.1, 0.15) is 17.2 Å². The molecule has 2 nitrogen and oxygen atoms in total. The van der Waals surface area contributed by atoms with Gasteiger partial charge in [-0.3, -0.25) is 0 Å². The fourth-order valence-corrected chi connectivity index (χ4v) is 2.04. The summed E-state index contributed by atoms with van der Waals surface area (Å²) in [6.45, 7) is 0. The SMILES string of the molecule is CN(C)c1ccc(C(O)[c-]2cccc2)cc1.[Fe+2].c1cc[cH-]c1. The van der Waals surface area contributed by atoms with Gasteiger partial charge >= 0.3 is 17.1 Å². The van der Waals surface area contributed by atoms with Gasteiger partial charge in [0.25, 0.3) is 0 Å². The van der Waals surface area contributed by atoms with Crippen molar-refractivity contribution in [1.29, 1.82) is 0 Å². The Balaban J connectivity index is 0.000000344. The van der Waals surface area contributed by atoms with Crippen molar-refractivity contribution in [2.45, 2.75) is 6.10 Å². The number of aliphatic hydroxyl groups excluding tert-OH is 1. The van der Waals surface area contributed by atoms with E-state index in [-0.39, 0.29) is 17.1 Å². The number of aliphatic hydroxyl groups is 1. The van der Waals surface area contributed by atoms with E-state index in [2.05, 4.69) is 0 Å². The van der Waals surface area contributed by atoms with Gasteiger partial charge in [-0.15, -0.1) is 5.56 Å². The van der Waals surface area contributed by atoms with Crippen molar-refractivity contribution >= 4 is 5.69 Å². The Bertz CT molecular complexity index is 580. The van der Waals surface area contributed by atoms with E-state index in [9.17, 15) is 5.11 Å². The second-order valence-electron chi connectivity index (χ2n) is 5.07. The number of anilines is 1. The molecule has 0 aromatic heterocycles. The Morgan fingerprint density at radius 3 is 1.91 bits per heavy atom. The summed E-state index contributed by atoms with van der Waals surface area (Å²) in [6.07, 6.45) is -0.522. The summed E-state index contributed by atoms with van der Waals surface area (Å²) in [7, 11) is 4.01. The van der Waals surface area contributed by atoms with Crippen molar-refractivity contribution in [3.05, 3.63) is 90.0 Å². The zero-order valence-electron chi connectivity index (χ0n) is 12.8. The number of hydrogen-bond donors (Lipinski definition) is 1. The molecule has 0 radical (unpaired) electrons. The van der Waals surface area contributed by atoms with Crippen LogP contribution in [0.3, 0.4) is 0 Å². The van der Waals surface area contributed by atoms with Gasteiger partial charge < -0.3 is 10.0 Å². The van der Waals surface area contributed by atoms with Crippen LogP contribution >= 0.6 is 0 Å². The molecule has 22 heavy (non-hydrogen) atoms. The van der Waals surface area contributed by atoms with Crippen molar-refractivity contribution in [3.8, 4) is 0 Å². The Kier molecular flexibility index (Phi) is 7.68. The molecule has 0 aliphatic carbocycles. The average molecular weight is 335 g/mol. The average Bonchev–Trinajstić information content (AvgIpc) is 3.22. The predicted octanol–water partition coefficient (Wildman–Crippen LogP) is 3.96. The third-order valence-electron chi connectivity index (χ3n) is 3.28. The third kappa shape index (κ3) is 5.19. The van der Waals surface area contributed by atoms with Gasteiger partial charge in [-0.2, -0.15) is 30.3 Å². The minimum absolute atomic E-state index is 0. The van der Waals surface area contributed by atoms with E-state index in [1.165, 1.54) is 0 Å². The maximum Gasteiger partial charge on any atom is 2.00 e. The topological polar surface area (TPSA) is 23.5 Å². The van der Waals surface area contributed by atoms with Crippen LogP contribution in [0.25, 0.3) is 0 Å². The quantitative estimate of drug-likeness (QED) is 0.579. The maximum atomic E-state index is 10.1. The van der Waals surface area contributed by atoms with Gasteiger partial charge in [0.1, 0.15) is 0 Å². The molecule has 1 N–H and O–H groups in total. The molecule has 116 valence electrons. The molecule has 0 saturated carbocycles. The third-order valence-corrected chi connectivity index (χ3v) is 3.28. The molecule has 0 saturated heterocycles. The first-order chi connectivity index (χ1) is 10.2. The molecule has 3 aromatic rings. The van der Waals surface area contributed by atoms with Crippen LogP contribution in [0.5, 0.6) is 0 Å². The number of nitrogens with zero attached hydrogens (tertiary/aromatic N) is 1. The number of benzene rings is 1. The molecule has 0 bridgehead atoms. The van der Waals surface area contributed by atoms with Gasteiger partial charge in [-0.1, -0.05) is 12.1 Å². The van der Waals surface area contributed by atoms with Crippen molar-refractivity contribution in [2.75, 3.05) is 19.0 Å². The molecule has 0 amide bonds. The Morgan fingerprint density at radius 1 is 0.955 bits per heavy atom. The molecule has 3 rings (SSSR count). The summed E-state index contributed by atoms with van der Waals surface area (Å²) < 4.78 is 0. The van der Waals surface area contributed by atoms with Crippen LogP contribution in [0, 0.1) is 0 Å². The minimum atomic E-state index is -0.522. The standard InChI is InChI=1S/C14H16NO.C5H5.Fe/c1-15(2)13-9-7-12(8-10-13)14(16)11-5-3-4-6-11;1-2-4-5-3-1;/h3-10,14,16H,1-2H3;1-5H;/q2*-1;+2. The zero-order valence-corrected chi connectivity index (χ0v) is 13.9. The van der Waals surface area contributed by atoms with Crippen molar-refractivity contribution < 1.29 is 22.2 Å². The number of hydrogen-bond acceptors (Lipinski definition) is 2. The summed E-state index contributed by atoms with van der Waals surface area (Å²) in [6, 6.07) is 25.7. The van der Waals surface area contributed by atoms with Gasteiger partial charge in [-0.05, 0) is 17.7 Å². The van der Waals surface area contributed by atoms with E-state index in [4.69, 9.17) is 0 Å². The zero-order chi connectivity index (χ0) is 15.1. The minimum Gasteiger partial charge on any atom is -0.396 e. The van der Waals surface area contributed by atoms with Gasteiger partial charge in [0.15, 0.2) is 0 Å². The summed E-state index contributed by atoms with van der Waals surface area (Å²) in [5.41, 5.74) is 3.01. The summed E-state index contributed by atoms with van der Waals surface area (Å²) >= 11 is 0. The molecular weight excluding hydrogens is 314 g/mol. The van der Waals surface area contributed by atoms with Crippen molar-refractivity contribution in [1.82, 2.24) is 0 Å². The second kappa shape index (κ2) is 9.26. The van der Waals surface area contributed by atoms with Crippen LogP contribution in [0.4, 0.5) is 5.69 Å². The molecule has 0 spiro atoms. The largest absolute Gasteiger partial charge is 2.00 e. The van der Waals surface area contributed by atoms with E-state index in [1.54, 1.807) is 0 Å². The summed E-state index contributed by atoms with van der Waals surface area (Å²) in [4.78, 5) is 2.04. The van der Waals surface area contributed by atoms with Gasteiger partial charge in [0, 0.05) is 19.8 Å². The first-order valence-corrected chi connectivity index (χ1v) is 7.02. The number of rotatable bonds is 3. The molecule has 3 heteroatoms. The normalized spacial score (nSPS) is 10.9. The van der Waals surface area contributed by atoms with Crippen LogP contribution < -0.4 is 4.90 Å². The molecule has 0 aliphatic heterocycles. The molecule has 3 aromatic carbocycles. The van der Waals surface area contributed by atoms with E-state index in [1.807, 2.05) is 97.9 Å². The molecule has 1 unspecified atom stereocenters. The Morgan fingerprint density at radius 2 is 1.50 bits per heavy atom. The molecular formula is C19H21FeNO. The smallest absolute Gasteiger partial charge is 0.396 e. The molecule has 0 heterocycles. The maximum absolute atomic E-state index is 10.1. The first kappa shape index (κ1) is 18.2. The van der Waals surface area contributed by atoms with E-state index in [0.29, 0.717) is 0 Å². The van der Waals surface area contributed by atoms with Crippen LogP contribution in [0.15, 0.2) is 78.9 Å². The molecule has 0 fully saturated rings. The van der Waals surface area contributed by atoms with Crippen LogP contribution in [0.2, 0.25) is 0 Å². The van der Waals surface area contributed by atoms with Crippen LogP contribution in [-0.2, 0) is 17.1 Å². The van der Waals surface area contributed by atoms with Crippen molar-refractivity contribution in [2.24, 2.45) is 0 Å². The van der Waals surface area contributed by atoms with Gasteiger partial charge in [-0.25, -0.2) is 24.3 Å². The summed E-state index contributed by atoms with van der Waals surface area (Å²) in [5, 5.41) is 10.1.